The number of hydrogen-bond acceptors (Lipinski definition) is 3. The average molecular weight is 345 g/mol. The number of anilines is 1. The molecule has 3 nitrogen and oxygen atoms in total. The summed E-state index contributed by atoms with van der Waals surface area (Å²) in [5.74, 6) is 0.424. The molecular formula is C15H12Cl3NO2. The minimum Gasteiger partial charge on any atom is -0.495 e. The number of ketones is 1. The van der Waals surface area contributed by atoms with Gasteiger partial charge in [0.1, 0.15) is 5.75 Å². The van der Waals surface area contributed by atoms with Gasteiger partial charge in [-0.25, -0.2) is 0 Å². The number of halogens is 3. The minimum absolute atomic E-state index is 0.101. The third-order valence-corrected chi connectivity index (χ3v) is 3.69. The van der Waals surface area contributed by atoms with E-state index >= 15 is 0 Å². The van der Waals surface area contributed by atoms with Gasteiger partial charge >= 0.3 is 0 Å². The van der Waals surface area contributed by atoms with Crippen molar-refractivity contribution in [3.63, 3.8) is 0 Å². The summed E-state index contributed by atoms with van der Waals surface area (Å²) in [5.41, 5.74) is 1.15. The maximum atomic E-state index is 12.1. The summed E-state index contributed by atoms with van der Waals surface area (Å²) >= 11 is 17.8. The van der Waals surface area contributed by atoms with E-state index in [1.807, 2.05) is 0 Å². The van der Waals surface area contributed by atoms with Crippen LogP contribution in [0, 0.1) is 0 Å². The number of carbonyl (C=O) groups excluding carboxylic acids is 1. The van der Waals surface area contributed by atoms with Crippen molar-refractivity contribution in [3.05, 3.63) is 57.0 Å². The fourth-order valence-electron chi connectivity index (χ4n) is 1.75. The van der Waals surface area contributed by atoms with Gasteiger partial charge in [-0.3, -0.25) is 4.79 Å². The molecule has 0 aromatic heterocycles. The number of rotatable bonds is 5. The van der Waals surface area contributed by atoms with E-state index in [2.05, 4.69) is 5.32 Å². The Bertz CT molecular complexity index is 674. The van der Waals surface area contributed by atoms with Crippen molar-refractivity contribution in [3.8, 4) is 5.75 Å². The highest BCUT2D eigenvalue weighted by molar-refractivity contribution is 6.36. The molecule has 0 unspecified atom stereocenters. The number of ether oxygens (including phenoxy) is 1. The molecule has 0 atom stereocenters. The first-order valence-corrected chi connectivity index (χ1v) is 7.20. The van der Waals surface area contributed by atoms with Crippen molar-refractivity contribution in [2.45, 2.75) is 0 Å². The molecule has 2 aromatic carbocycles. The van der Waals surface area contributed by atoms with Gasteiger partial charge in [-0.1, -0.05) is 34.8 Å². The van der Waals surface area contributed by atoms with Gasteiger partial charge in [0.25, 0.3) is 0 Å². The molecule has 0 fully saturated rings. The van der Waals surface area contributed by atoms with Gasteiger partial charge in [0, 0.05) is 10.6 Å². The van der Waals surface area contributed by atoms with Crippen LogP contribution in [0.1, 0.15) is 10.4 Å². The molecule has 0 spiro atoms. The van der Waals surface area contributed by atoms with Crippen LogP contribution in [0.5, 0.6) is 5.75 Å². The molecule has 110 valence electrons. The highest BCUT2D eigenvalue weighted by atomic mass is 35.5. The van der Waals surface area contributed by atoms with E-state index in [0.29, 0.717) is 32.1 Å². The van der Waals surface area contributed by atoms with Gasteiger partial charge in [0.15, 0.2) is 5.78 Å². The number of nitrogens with one attached hydrogen (secondary N) is 1. The van der Waals surface area contributed by atoms with Crippen LogP contribution >= 0.6 is 34.8 Å². The van der Waals surface area contributed by atoms with Gasteiger partial charge in [-0.2, -0.15) is 0 Å². The summed E-state index contributed by atoms with van der Waals surface area (Å²) in [6.45, 7) is 0.101. The molecule has 0 aliphatic heterocycles. The van der Waals surface area contributed by atoms with Gasteiger partial charge in [-0.15, -0.1) is 0 Å². The smallest absolute Gasteiger partial charge is 0.181 e. The van der Waals surface area contributed by atoms with Crippen LogP contribution in [0.4, 0.5) is 5.69 Å². The molecule has 0 aliphatic rings. The standard InChI is InChI=1S/C15H12Cl3NO2/c1-21-15-5-2-9(6-12(15)18)14(20)8-19-13-4-3-10(16)7-11(13)17/h2-7,19H,8H2,1H3. The molecule has 0 saturated carbocycles. The number of methoxy groups -OCH3 is 1. The molecule has 2 rings (SSSR count). The molecule has 0 amide bonds. The van der Waals surface area contributed by atoms with E-state index in [4.69, 9.17) is 39.5 Å². The molecule has 0 aliphatic carbocycles. The van der Waals surface area contributed by atoms with Crippen molar-refractivity contribution < 1.29 is 9.53 Å². The van der Waals surface area contributed by atoms with Crippen molar-refractivity contribution in [1.29, 1.82) is 0 Å². The summed E-state index contributed by atoms with van der Waals surface area (Å²) in [7, 11) is 1.52. The van der Waals surface area contributed by atoms with Crippen LogP contribution in [0.15, 0.2) is 36.4 Å². The fourth-order valence-corrected chi connectivity index (χ4v) is 2.48. The maximum Gasteiger partial charge on any atom is 0.181 e. The van der Waals surface area contributed by atoms with E-state index in [1.165, 1.54) is 7.11 Å². The minimum atomic E-state index is -0.106. The van der Waals surface area contributed by atoms with E-state index in [9.17, 15) is 4.79 Å². The SMILES string of the molecule is COc1ccc(C(=O)CNc2ccc(Cl)cc2Cl)cc1Cl. The quantitative estimate of drug-likeness (QED) is 0.780. The number of Topliss-reactive ketones (excluding diaryl/α,β-unsaturated/α-hetero) is 1. The predicted octanol–water partition coefficient (Wildman–Crippen LogP) is 4.95. The maximum absolute atomic E-state index is 12.1. The lowest BCUT2D eigenvalue weighted by atomic mass is 10.1. The predicted molar refractivity (Wildman–Crippen MR) is 87.3 cm³/mol. The molecule has 6 heteroatoms. The highest BCUT2D eigenvalue weighted by Gasteiger charge is 2.10. The lowest BCUT2D eigenvalue weighted by Gasteiger charge is -2.09. The van der Waals surface area contributed by atoms with Gasteiger partial charge in [0.05, 0.1) is 29.4 Å². The fraction of sp³-hybridized carbons (Fsp3) is 0.133. The second-order valence-electron chi connectivity index (χ2n) is 4.25. The zero-order valence-electron chi connectivity index (χ0n) is 11.1. The van der Waals surface area contributed by atoms with E-state index in [0.717, 1.165) is 0 Å². The lowest BCUT2D eigenvalue weighted by Crippen LogP contribution is -2.14. The van der Waals surface area contributed by atoms with Gasteiger partial charge < -0.3 is 10.1 Å². The number of benzene rings is 2. The van der Waals surface area contributed by atoms with Crippen LogP contribution in [-0.2, 0) is 0 Å². The largest absolute Gasteiger partial charge is 0.495 e. The van der Waals surface area contributed by atoms with E-state index in [1.54, 1.807) is 36.4 Å². The van der Waals surface area contributed by atoms with Crippen molar-refractivity contribution >= 4 is 46.3 Å². The van der Waals surface area contributed by atoms with Crippen molar-refractivity contribution in [2.24, 2.45) is 0 Å². The second-order valence-corrected chi connectivity index (χ2v) is 5.50. The zero-order chi connectivity index (χ0) is 15.4. The van der Waals surface area contributed by atoms with Crippen LogP contribution in [-0.4, -0.2) is 19.4 Å². The molecule has 0 radical (unpaired) electrons. The first-order valence-electron chi connectivity index (χ1n) is 6.07. The Balaban J connectivity index is 2.06. The molecule has 1 N–H and O–H groups in total. The molecule has 0 bridgehead atoms. The summed E-state index contributed by atoms with van der Waals surface area (Å²) in [6, 6.07) is 9.93. The first kappa shape index (κ1) is 16.0. The molecular weight excluding hydrogens is 333 g/mol. The topological polar surface area (TPSA) is 38.3 Å². The Labute approximate surface area is 137 Å². The molecule has 2 aromatic rings. The summed E-state index contributed by atoms with van der Waals surface area (Å²) < 4.78 is 5.05. The highest BCUT2D eigenvalue weighted by Crippen LogP contribution is 2.26. The third kappa shape index (κ3) is 4.03. The Kier molecular flexibility index (Phi) is 5.34. The Morgan fingerprint density at radius 1 is 1.10 bits per heavy atom. The Morgan fingerprint density at radius 3 is 2.48 bits per heavy atom. The number of carbonyl (C=O) groups is 1. The molecule has 0 heterocycles. The summed E-state index contributed by atoms with van der Waals surface area (Å²) in [5, 5.41) is 4.37. The molecule has 0 saturated heterocycles. The van der Waals surface area contributed by atoms with E-state index < -0.39 is 0 Å². The normalized spacial score (nSPS) is 10.3. The van der Waals surface area contributed by atoms with Crippen LogP contribution in [0.3, 0.4) is 0 Å². The monoisotopic (exact) mass is 343 g/mol. The van der Waals surface area contributed by atoms with Crippen LogP contribution in [0.25, 0.3) is 0 Å². The van der Waals surface area contributed by atoms with Crippen molar-refractivity contribution in [1.82, 2.24) is 0 Å². The average Bonchev–Trinajstić information content (AvgIpc) is 2.46. The van der Waals surface area contributed by atoms with Gasteiger partial charge in [0.2, 0.25) is 0 Å². The second kappa shape index (κ2) is 7.03. The molecule has 21 heavy (non-hydrogen) atoms. The van der Waals surface area contributed by atoms with Crippen molar-refractivity contribution in [2.75, 3.05) is 19.0 Å². The third-order valence-electron chi connectivity index (χ3n) is 2.84. The first-order chi connectivity index (χ1) is 10.0. The van der Waals surface area contributed by atoms with E-state index in [-0.39, 0.29) is 12.3 Å². The Hall–Kier alpha value is -1.42. The van der Waals surface area contributed by atoms with Crippen LogP contribution < -0.4 is 10.1 Å². The summed E-state index contributed by atoms with van der Waals surface area (Å²) in [4.78, 5) is 12.1. The van der Waals surface area contributed by atoms with Crippen LogP contribution in [0.2, 0.25) is 15.1 Å². The Morgan fingerprint density at radius 2 is 1.86 bits per heavy atom. The van der Waals surface area contributed by atoms with Gasteiger partial charge in [-0.05, 0) is 36.4 Å². The summed E-state index contributed by atoms with van der Waals surface area (Å²) in [6.07, 6.45) is 0. The lowest BCUT2D eigenvalue weighted by molar-refractivity contribution is 0.101. The zero-order valence-corrected chi connectivity index (χ0v) is 13.4. The number of hydrogen-bond donors (Lipinski definition) is 1.